The van der Waals surface area contributed by atoms with E-state index in [4.69, 9.17) is 0 Å². The van der Waals surface area contributed by atoms with Gasteiger partial charge >= 0.3 is 0 Å². The Kier molecular flexibility index (Phi) is 4.59. The van der Waals surface area contributed by atoms with E-state index in [9.17, 15) is 0 Å². The van der Waals surface area contributed by atoms with Crippen LogP contribution in [0, 0.1) is 5.41 Å². The van der Waals surface area contributed by atoms with Gasteiger partial charge in [0.05, 0.1) is 6.54 Å². The average molecular weight is 269 g/mol. The average Bonchev–Trinajstić information content (AvgIpc) is 2.62. The van der Waals surface area contributed by atoms with Crippen molar-refractivity contribution in [3.05, 3.63) is 0 Å². The monoisotopic (exact) mass is 269 g/mol. The number of rotatable bonds is 2. The van der Waals surface area contributed by atoms with Gasteiger partial charge in [-0.25, -0.2) is 0 Å². The molecule has 0 spiro atoms. The van der Waals surface area contributed by atoms with Crippen molar-refractivity contribution >= 4 is 16.9 Å². The molecule has 3 nitrogen and oxygen atoms in total. The van der Waals surface area contributed by atoms with Gasteiger partial charge in [-0.05, 0) is 38.3 Å². The second-order valence-electron chi connectivity index (χ2n) is 6.90. The van der Waals surface area contributed by atoms with Crippen LogP contribution in [-0.2, 0) is 0 Å². The van der Waals surface area contributed by atoms with E-state index in [0.717, 1.165) is 13.1 Å². The fourth-order valence-electron chi connectivity index (χ4n) is 2.74. The highest BCUT2D eigenvalue weighted by molar-refractivity contribution is 8.14. The second-order valence-corrected chi connectivity index (χ2v) is 8.19. The topological polar surface area (TPSA) is 27.6 Å². The zero-order chi connectivity index (χ0) is 13.2. The third-order valence-electron chi connectivity index (χ3n) is 3.51. The first-order valence-corrected chi connectivity index (χ1v) is 7.96. The zero-order valence-electron chi connectivity index (χ0n) is 12.2. The van der Waals surface area contributed by atoms with E-state index in [1.807, 2.05) is 11.8 Å². The van der Waals surface area contributed by atoms with Gasteiger partial charge in [0.1, 0.15) is 0 Å². The Morgan fingerprint density at radius 2 is 2.22 bits per heavy atom. The lowest BCUT2D eigenvalue weighted by Gasteiger charge is -2.30. The molecular weight excluding hydrogens is 242 g/mol. The highest BCUT2D eigenvalue weighted by Gasteiger charge is 2.27. The van der Waals surface area contributed by atoms with Gasteiger partial charge in [-0.2, -0.15) is 0 Å². The quantitative estimate of drug-likeness (QED) is 0.835. The van der Waals surface area contributed by atoms with E-state index >= 15 is 0 Å². The number of nitrogens with one attached hydrogen (secondary N) is 1. The van der Waals surface area contributed by atoms with E-state index in [2.05, 4.69) is 43.0 Å². The van der Waals surface area contributed by atoms with Crippen molar-refractivity contribution in [2.75, 3.05) is 26.7 Å². The summed E-state index contributed by atoms with van der Waals surface area (Å²) in [5.74, 6) is 0. The Morgan fingerprint density at radius 3 is 2.89 bits per heavy atom. The number of piperidine rings is 1. The van der Waals surface area contributed by atoms with Crippen LogP contribution in [0.15, 0.2) is 4.99 Å². The van der Waals surface area contributed by atoms with Crippen LogP contribution < -0.4 is 5.32 Å². The molecule has 0 radical (unpaired) electrons. The van der Waals surface area contributed by atoms with Gasteiger partial charge in [0, 0.05) is 17.8 Å². The standard InChI is InChI=1S/C14H27N3S/c1-14(2,3)8-12-9-15-13(18-12)16-11-6-5-7-17(4)10-11/h11-12H,5-10H2,1-4H3,(H,15,16). The summed E-state index contributed by atoms with van der Waals surface area (Å²) in [4.78, 5) is 7.08. The van der Waals surface area contributed by atoms with Crippen molar-refractivity contribution in [2.45, 2.75) is 51.3 Å². The summed E-state index contributed by atoms with van der Waals surface area (Å²) >= 11 is 1.95. The molecule has 0 saturated carbocycles. The summed E-state index contributed by atoms with van der Waals surface area (Å²) in [6.07, 6.45) is 3.84. The highest BCUT2D eigenvalue weighted by atomic mass is 32.2. The summed E-state index contributed by atoms with van der Waals surface area (Å²) in [6, 6.07) is 0.600. The molecule has 2 aliphatic heterocycles. The minimum Gasteiger partial charge on any atom is -0.361 e. The van der Waals surface area contributed by atoms with Crippen molar-refractivity contribution in [1.82, 2.24) is 10.2 Å². The van der Waals surface area contributed by atoms with Crippen LogP contribution >= 0.6 is 11.8 Å². The van der Waals surface area contributed by atoms with Crippen LogP contribution in [0.25, 0.3) is 0 Å². The van der Waals surface area contributed by atoms with Crippen molar-refractivity contribution in [2.24, 2.45) is 10.4 Å². The Balaban J connectivity index is 1.75. The Hall–Kier alpha value is -0.220. The van der Waals surface area contributed by atoms with Crippen LogP contribution in [0.4, 0.5) is 0 Å². The molecule has 2 aliphatic rings. The van der Waals surface area contributed by atoms with Gasteiger partial charge in [0.2, 0.25) is 0 Å². The van der Waals surface area contributed by atoms with Crippen LogP contribution in [0.1, 0.15) is 40.0 Å². The second kappa shape index (κ2) is 5.83. The molecule has 2 unspecified atom stereocenters. The predicted octanol–water partition coefficient (Wildman–Crippen LogP) is 2.58. The summed E-state index contributed by atoms with van der Waals surface area (Å²) < 4.78 is 0. The van der Waals surface area contributed by atoms with Crippen LogP contribution in [0.2, 0.25) is 0 Å². The van der Waals surface area contributed by atoms with Crippen molar-refractivity contribution in [3.8, 4) is 0 Å². The van der Waals surface area contributed by atoms with E-state index in [-0.39, 0.29) is 0 Å². The maximum Gasteiger partial charge on any atom is 0.157 e. The Morgan fingerprint density at radius 1 is 1.44 bits per heavy atom. The lowest BCUT2D eigenvalue weighted by molar-refractivity contribution is 0.241. The van der Waals surface area contributed by atoms with E-state index < -0.39 is 0 Å². The molecule has 0 aromatic rings. The molecule has 0 aromatic heterocycles. The summed E-state index contributed by atoms with van der Waals surface area (Å²) in [5, 5.41) is 5.49. The van der Waals surface area contributed by atoms with Crippen LogP contribution in [0.5, 0.6) is 0 Å². The number of amidine groups is 1. The molecule has 4 heteroatoms. The van der Waals surface area contributed by atoms with Gasteiger partial charge in [-0.1, -0.05) is 32.5 Å². The van der Waals surface area contributed by atoms with Crippen molar-refractivity contribution < 1.29 is 0 Å². The summed E-state index contributed by atoms with van der Waals surface area (Å²) in [7, 11) is 2.21. The van der Waals surface area contributed by atoms with Crippen LogP contribution in [0.3, 0.4) is 0 Å². The van der Waals surface area contributed by atoms with E-state index in [1.165, 1.54) is 31.0 Å². The molecule has 0 amide bonds. The molecule has 1 saturated heterocycles. The van der Waals surface area contributed by atoms with Gasteiger partial charge in [-0.3, -0.25) is 4.99 Å². The molecule has 0 aliphatic carbocycles. The highest BCUT2D eigenvalue weighted by Crippen LogP contribution is 2.31. The first-order valence-electron chi connectivity index (χ1n) is 7.08. The molecule has 2 heterocycles. The number of aliphatic imine (C=N–C) groups is 1. The Bertz CT molecular complexity index is 309. The molecule has 18 heavy (non-hydrogen) atoms. The Labute approximate surface area is 116 Å². The van der Waals surface area contributed by atoms with Gasteiger partial charge in [-0.15, -0.1) is 0 Å². The van der Waals surface area contributed by atoms with Crippen molar-refractivity contribution in [1.29, 1.82) is 0 Å². The molecule has 1 fully saturated rings. The van der Waals surface area contributed by atoms with Crippen molar-refractivity contribution in [3.63, 3.8) is 0 Å². The van der Waals surface area contributed by atoms with Gasteiger partial charge in [0.25, 0.3) is 0 Å². The molecule has 0 aromatic carbocycles. The molecule has 104 valence electrons. The number of nitrogens with zero attached hydrogens (tertiary/aromatic N) is 2. The lowest BCUT2D eigenvalue weighted by atomic mass is 9.90. The summed E-state index contributed by atoms with van der Waals surface area (Å²) in [6.45, 7) is 10.3. The molecule has 1 N–H and O–H groups in total. The number of hydrogen-bond donors (Lipinski definition) is 1. The third-order valence-corrected chi connectivity index (χ3v) is 4.63. The maximum atomic E-state index is 4.67. The van der Waals surface area contributed by atoms with Crippen LogP contribution in [-0.4, -0.2) is 48.0 Å². The maximum absolute atomic E-state index is 4.67. The SMILES string of the molecule is CN1CCCC(NC2=NCC(CC(C)(C)C)S2)C1. The number of likely N-dealkylation sites (tertiary alicyclic amines) is 1. The minimum absolute atomic E-state index is 0.410. The number of hydrogen-bond acceptors (Lipinski definition) is 4. The summed E-state index contributed by atoms with van der Waals surface area (Å²) in [5.41, 5.74) is 0.410. The molecule has 2 rings (SSSR count). The van der Waals surface area contributed by atoms with E-state index in [0.29, 0.717) is 16.7 Å². The first kappa shape index (κ1) is 14.2. The normalized spacial score (nSPS) is 30.3. The first-order chi connectivity index (χ1) is 8.42. The van der Waals surface area contributed by atoms with Gasteiger partial charge in [0.15, 0.2) is 5.17 Å². The number of thioether (sulfide) groups is 1. The molecule has 0 bridgehead atoms. The smallest absolute Gasteiger partial charge is 0.157 e. The third kappa shape index (κ3) is 4.47. The predicted molar refractivity (Wildman–Crippen MR) is 81.4 cm³/mol. The minimum atomic E-state index is 0.410. The van der Waals surface area contributed by atoms with Gasteiger partial charge < -0.3 is 10.2 Å². The fourth-order valence-corrected chi connectivity index (χ4v) is 4.18. The largest absolute Gasteiger partial charge is 0.361 e. The molecule has 2 atom stereocenters. The number of likely N-dealkylation sites (N-methyl/N-ethyl adjacent to an activating group) is 1. The fraction of sp³-hybridized carbons (Fsp3) is 0.929. The molecular formula is C14H27N3S. The van der Waals surface area contributed by atoms with E-state index in [1.54, 1.807) is 0 Å². The zero-order valence-corrected chi connectivity index (χ0v) is 13.0. The lowest BCUT2D eigenvalue weighted by Crippen LogP contribution is -2.45.